The van der Waals surface area contributed by atoms with Crippen LogP contribution in [0.1, 0.15) is 42.2 Å². The van der Waals surface area contributed by atoms with Gasteiger partial charge < -0.3 is 0 Å². The smallest absolute Gasteiger partial charge is 0.295 e. The van der Waals surface area contributed by atoms with Gasteiger partial charge in [-0.1, -0.05) is 69.6 Å². The highest BCUT2D eigenvalue weighted by Crippen LogP contribution is 2.37. The van der Waals surface area contributed by atoms with Crippen molar-refractivity contribution in [3.8, 4) is 0 Å². The molecule has 0 radical (unpaired) electrons. The minimum Gasteiger partial charge on any atom is -0.295 e. The van der Waals surface area contributed by atoms with Crippen LogP contribution in [0.3, 0.4) is 0 Å². The van der Waals surface area contributed by atoms with Crippen molar-refractivity contribution in [1.82, 2.24) is 0 Å². The third kappa shape index (κ3) is 4.75. The van der Waals surface area contributed by atoms with Gasteiger partial charge in [-0.15, -0.1) is 0 Å². The Bertz CT molecular complexity index is 1290. The van der Waals surface area contributed by atoms with E-state index in [1.165, 1.54) is 36.4 Å². The Hall–Kier alpha value is -1.83. The largest absolute Gasteiger partial charge is 0.374 e. The lowest BCUT2D eigenvalue weighted by Crippen LogP contribution is -2.14. The van der Waals surface area contributed by atoms with Gasteiger partial charge in [0.1, 0.15) is 0 Å². The quantitative estimate of drug-likeness (QED) is 0.199. The number of hydrogen-bond acceptors (Lipinski definition) is 5. The molecule has 5 nitrogen and oxygen atoms in total. The molecule has 0 saturated carbocycles. The second-order valence-corrected chi connectivity index (χ2v) is 8.70. The predicted molar refractivity (Wildman–Crippen MR) is 124 cm³/mol. The van der Waals surface area contributed by atoms with Crippen LogP contribution >= 0.6 is 69.6 Å². The highest BCUT2D eigenvalue weighted by atomic mass is 35.5. The van der Waals surface area contributed by atoms with Crippen molar-refractivity contribution >= 4 is 87.1 Å². The highest BCUT2D eigenvalue weighted by Gasteiger charge is 2.30. The van der Waals surface area contributed by atoms with Gasteiger partial charge >= 0.3 is 5.97 Å². The van der Waals surface area contributed by atoms with Crippen molar-refractivity contribution in [3.05, 3.63) is 100 Å². The molecule has 1 N–H and O–H groups in total. The molecule has 11 heteroatoms. The fraction of sp³-hybridized carbons (Fsp3) is 0. The Kier molecular flexibility index (Phi) is 7.73. The lowest BCUT2D eigenvalue weighted by Gasteiger charge is -2.15. The molecule has 0 aliphatic rings. The average Bonchev–Trinajstić information content (AvgIpc) is 2.73. The molecular formula is C21H8Cl6O5. The van der Waals surface area contributed by atoms with Gasteiger partial charge in [0.05, 0.1) is 31.2 Å². The van der Waals surface area contributed by atoms with Crippen molar-refractivity contribution in [1.29, 1.82) is 0 Å². The van der Waals surface area contributed by atoms with E-state index in [2.05, 4.69) is 4.89 Å². The molecule has 0 heterocycles. The first-order valence-corrected chi connectivity index (χ1v) is 10.7. The first-order chi connectivity index (χ1) is 15.1. The number of carbonyl (C=O) groups excluding carboxylic acids is 3. The van der Waals surface area contributed by atoms with Crippen LogP contribution in [0.5, 0.6) is 0 Å². The maximum atomic E-state index is 13.2. The van der Waals surface area contributed by atoms with Crippen LogP contribution in [-0.2, 0) is 4.89 Å². The van der Waals surface area contributed by atoms with Crippen molar-refractivity contribution in [2.45, 2.75) is 0 Å². The number of ketones is 2. The summed E-state index contributed by atoms with van der Waals surface area (Å²) in [6, 6.07) is 9.15. The second-order valence-electron chi connectivity index (χ2n) is 6.26. The SMILES string of the molecule is O=C(OO)c1cc(C(=O)c2ccc(Cl)cc2Cl)c(Cl)c(C(=O)c2ccc(Cl)cc2Cl)c1Cl. The number of benzene rings is 3. The number of hydrogen-bond donors (Lipinski definition) is 1. The normalized spacial score (nSPS) is 10.7. The molecular weight excluding hydrogens is 545 g/mol. The van der Waals surface area contributed by atoms with Crippen molar-refractivity contribution in [3.63, 3.8) is 0 Å². The number of halogens is 6. The van der Waals surface area contributed by atoms with E-state index in [0.29, 0.717) is 0 Å². The van der Waals surface area contributed by atoms with E-state index in [-0.39, 0.29) is 41.8 Å². The van der Waals surface area contributed by atoms with Crippen LogP contribution < -0.4 is 0 Å². The predicted octanol–water partition coefficient (Wildman–Crippen LogP) is 7.70. The zero-order valence-corrected chi connectivity index (χ0v) is 19.9. The van der Waals surface area contributed by atoms with Gasteiger partial charge in [-0.25, -0.2) is 4.79 Å². The zero-order valence-electron chi connectivity index (χ0n) is 15.4. The van der Waals surface area contributed by atoms with E-state index in [1.54, 1.807) is 0 Å². The second kappa shape index (κ2) is 9.98. The first-order valence-electron chi connectivity index (χ1n) is 8.44. The van der Waals surface area contributed by atoms with Crippen LogP contribution in [-0.4, -0.2) is 22.8 Å². The van der Waals surface area contributed by atoms with Crippen molar-refractivity contribution < 1.29 is 24.5 Å². The summed E-state index contributed by atoms with van der Waals surface area (Å²) < 4.78 is 0. The van der Waals surface area contributed by atoms with Gasteiger partial charge in [0.2, 0.25) is 0 Å². The minimum atomic E-state index is -1.32. The maximum absolute atomic E-state index is 13.2. The summed E-state index contributed by atoms with van der Waals surface area (Å²) in [5.74, 6) is -2.86. The zero-order chi connectivity index (χ0) is 23.7. The molecule has 3 aromatic rings. The Labute approximate surface area is 211 Å². The van der Waals surface area contributed by atoms with E-state index < -0.39 is 33.7 Å². The average molecular weight is 553 g/mol. The molecule has 0 amide bonds. The molecule has 0 aromatic heterocycles. The van der Waals surface area contributed by atoms with E-state index in [0.717, 1.165) is 6.07 Å². The molecule has 0 fully saturated rings. The summed E-state index contributed by atoms with van der Waals surface area (Å²) >= 11 is 36.6. The van der Waals surface area contributed by atoms with Crippen LogP contribution in [0.15, 0.2) is 42.5 Å². The van der Waals surface area contributed by atoms with Crippen LogP contribution in [0.2, 0.25) is 30.1 Å². The van der Waals surface area contributed by atoms with Gasteiger partial charge in [-0.05, 0) is 42.5 Å². The third-order valence-corrected chi connectivity index (χ3v) is 6.21. The standard InChI is InChI=1S/C21H8Cl6O5/c22-8-1-3-10(14(24)5-8)19(28)12-7-13(21(30)32-31)18(27)16(17(12)26)20(29)11-4-2-9(23)6-15(11)25/h1-7,31H. The molecule has 0 spiro atoms. The fourth-order valence-electron chi connectivity index (χ4n) is 2.83. The summed E-state index contributed by atoms with van der Waals surface area (Å²) in [5, 5.41) is 8.57. The van der Waals surface area contributed by atoms with Gasteiger partial charge in [-0.3, -0.25) is 14.5 Å². The topological polar surface area (TPSA) is 80.7 Å². The molecule has 0 unspecified atom stereocenters. The third-order valence-electron chi connectivity index (χ3n) is 4.33. The molecule has 0 saturated heterocycles. The van der Waals surface area contributed by atoms with Crippen molar-refractivity contribution in [2.75, 3.05) is 0 Å². The van der Waals surface area contributed by atoms with Gasteiger partial charge in [0.15, 0.2) is 11.6 Å². The van der Waals surface area contributed by atoms with Gasteiger partial charge in [-0.2, -0.15) is 5.26 Å². The molecule has 0 aliphatic carbocycles. The van der Waals surface area contributed by atoms with E-state index in [4.69, 9.17) is 74.9 Å². The Morgan fingerprint density at radius 2 is 1.09 bits per heavy atom. The Morgan fingerprint density at radius 3 is 1.56 bits per heavy atom. The van der Waals surface area contributed by atoms with Crippen molar-refractivity contribution in [2.24, 2.45) is 0 Å². The van der Waals surface area contributed by atoms with Crippen LogP contribution in [0, 0.1) is 0 Å². The van der Waals surface area contributed by atoms with Crippen LogP contribution in [0.4, 0.5) is 0 Å². The summed E-state index contributed by atoms with van der Waals surface area (Å²) in [5.41, 5.74) is -1.24. The van der Waals surface area contributed by atoms with Gasteiger partial charge in [0, 0.05) is 26.7 Å². The lowest BCUT2D eigenvalue weighted by molar-refractivity contribution is -0.182. The van der Waals surface area contributed by atoms with Gasteiger partial charge in [0.25, 0.3) is 0 Å². The summed E-state index contributed by atoms with van der Waals surface area (Å²) in [7, 11) is 0. The molecule has 0 atom stereocenters. The maximum Gasteiger partial charge on any atom is 0.374 e. The summed E-state index contributed by atoms with van der Waals surface area (Å²) in [6.45, 7) is 0. The molecule has 32 heavy (non-hydrogen) atoms. The first kappa shape index (κ1) is 24.8. The molecule has 3 rings (SSSR count). The lowest BCUT2D eigenvalue weighted by atomic mass is 9.94. The summed E-state index contributed by atoms with van der Waals surface area (Å²) in [4.78, 5) is 42.2. The molecule has 3 aromatic carbocycles. The van der Waals surface area contributed by atoms with E-state index in [1.807, 2.05) is 0 Å². The fourth-order valence-corrected chi connectivity index (χ4v) is 4.50. The van der Waals surface area contributed by atoms with E-state index >= 15 is 0 Å². The Balaban J connectivity index is 2.29. The number of rotatable bonds is 5. The van der Waals surface area contributed by atoms with Crippen LogP contribution in [0.25, 0.3) is 0 Å². The summed E-state index contributed by atoms with van der Waals surface area (Å²) in [6.07, 6.45) is 0. The Morgan fingerprint density at radius 1 is 0.625 bits per heavy atom. The monoisotopic (exact) mass is 550 g/mol. The number of carbonyl (C=O) groups is 3. The molecule has 0 bridgehead atoms. The molecule has 164 valence electrons. The highest BCUT2D eigenvalue weighted by molar-refractivity contribution is 6.46. The molecule has 0 aliphatic heterocycles. The van der Waals surface area contributed by atoms with E-state index in [9.17, 15) is 14.4 Å². The minimum absolute atomic E-state index is 0.00780.